The number of hydrogen-bond acceptors (Lipinski definition) is 2. The predicted molar refractivity (Wildman–Crippen MR) is 89.2 cm³/mol. The summed E-state index contributed by atoms with van der Waals surface area (Å²) in [6, 6.07) is 15.0. The lowest BCUT2D eigenvalue weighted by Gasteiger charge is -2.22. The highest BCUT2D eigenvalue weighted by atomic mass is 79.9. The monoisotopic (exact) mass is 384 g/mol. The van der Waals surface area contributed by atoms with Crippen LogP contribution in [0.4, 0.5) is 0 Å². The zero-order chi connectivity index (χ0) is 15.0. The van der Waals surface area contributed by atoms with Crippen molar-refractivity contribution in [2.45, 2.75) is 16.7 Å². The van der Waals surface area contributed by atoms with Crippen molar-refractivity contribution in [3.8, 4) is 0 Å². The molecule has 5 heteroatoms. The van der Waals surface area contributed by atoms with Crippen molar-refractivity contribution in [1.82, 2.24) is 0 Å². The van der Waals surface area contributed by atoms with Gasteiger partial charge in [-0.1, -0.05) is 57.9 Å². The van der Waals surface area contributed by atoms with Crippen LogP contribution in [0, 0.1) is 0 Å². The molecular weight excluding hydrogens is 372 g/mol. The Balaban J connectivity index is 2.05. The van der Waals surface area contributed by atoms with Crippen molar-refractivity contribution < 1.29 is 8.42 Å². The molecule has 0 spiro atoms. The van der Waals surface area contributed by atoms with E-state index in [2.05, 4.69) is 15.9 Å². The first-order valence-electron chi connectivity index (χ1n) is 6.66. The van der Waals surface area contributed by atoms with E-state index in [-0.39, 0.29) is 17.6 Å². The third-order valence-corrected chi connectivity index (χ3v) is 6.79. The van der Waals surface area contributed by atoms with Crippen molar-refractivity contribution in [3.05, 3.63) is 64.7 Å². The topological polar surface area (TPSA) is 34.1 Å². The Labute approximate surface area is 138 Å². The molecule has 0 bridgehead atoms. The van der Waals surface area contributed by atoms with Gasteiger partial charge in [0.1, 0.15) is 0 Å². The van der Waals surface area contributed by atoms with Crippen LogP contribution < -0.4 is 0 Å². The predicted octanol–water partition coefficient (Wildman–Crippen LogP) is 4.39. The standard InChI is InChI=1S/C16H14BrClO2S/c17-9-14(11-5-7-12(18)8-6-11)15-10-21(19,20)16-4-2-1-3-13(15)16/h1-8,14-15H,9-10H2. The Kier molecular flexibility index (Phi) is 4.12. The molecule has 3 rings (SSSR count). The van der Waals surface area contributed by atoms with Crippen molar-refractivity contribution >= 4 is 37.4 Å². The molecule has 0 saturated carbocycles. The Morgan fingerprint density at radius 3 is 2.48 bits per heavy atom. The van der Waals surface area contributed by atoms with E-state index in [1.165, 1.54) is 0 Å². The van der Waals surface area contributed by atoms with E-state index in [0.29, 0.717) is 15.2 Å². The first-order valence-corrected chi connectivity index (χ1v) is 9.81. The summed E-state index contributed by atoms with van der Waals surface area (Å²) < 4.78 is 24.7. The van der Waals surface area contributed by atoms with Crippen LogP contribution in [-0.4, -0.2) is 19.5 Å². The summed E-state index contributed by atoms with van der Waals surface area (Å²) in [4.78, 5) is 0.481. The van der Waals surface area contributed by atoms with E-state index in [0.717, 1.165) is 11.1 Å². The number of hydrogen-bond donors (Lipinski definition) is 0. The molecule has 0 aliphatic carbocycles. The van der Waals surface area contributed by atoms with Crippen molar-refractivity contribution in [2.24, 2.45) is 0 Å². The Hall–Kier alpha value is -0.840. The normalized spacial score (nSPS) is 21.0. The van der Waals surface area contributed by atoms with E-state index in [1.807, 2.05) is 36.4 Å². The quantitative estimate of drug-likeness (QED) is 0.734. The fourth-order valence-corrected chi connectivity index (χ4v) is 5.84. The minimum absolute atomic E-state index is 0.0215. The average molecular weight is 386 g/mol. The molecule has 0 aromatic heterocycles. The van der Waals surface area contributed by atoms with Gasteiger partial charge in [0, 0.05) is 22.2 Å². The molecule has 2 aromatic carbocycles. The third-order valence-electron chi connectivity index (χ3n) is 4.00. The first kappa shape index (κ1) is 15.1. The smallest absolute Gasteiger partial charge is 0.179 e. The fourth-order valence-electron chi connectivity index (χ4n) is 2.96. The van der Waals surface area contributed by atoms with Crippen LogP contribution in [-0.2, 0) is 9.84 Å². The molecule has 21 heavy (non-hydrogen) atoms. The molecule has 1 aliphatic heterocycles. The molecule has 0 saturated heterocycles. The lowest BCUT2D eigenvalue weighted by atomic mass is 9.84. The number of benzene rings is 2. The van der Waals surface area contributed by atoms with Crippen molar-refractivity contribution in [2.75, 3.05) is 11.1 Å². The minimum atomic E-state index is -3.17. The number of sulfone groups is 1. The van der Waals surface area contributed by atoms with Crippen LogP contribution in [0.15, 0.2) is 53.4 Å². The summed E-state index contributed by atoms with van der Waals surface area (Å²) in [6.45, 7) is 0. The zero-order valence-electron chi connectivity index (χ0n) is 11.2. The molecular formula is C16H14BrClO2S. The second-order valence-electron chi connectivity index (χ2n) is 5.24. The molecule has 1 aliphatic rings. The van der Waals surface area contributed by atoms with Gasteiger partial charge in [0.25, 0.3) is 0 Å². The summed E-state index contributed by atoms with van der Waals surface area (Å²) >= 11 is 9.48. The molecule has 0 fully saturated rings. The summed E-state index contributed by atoms with van der Waals surface area (Å²) in [5.41, 5.74) is 2.03. The van der Waals surface area contributed by atoms with Crippen LogP contribution in [0.3, 0.4) is 0 Å². The van der Waals surface area contributed by atoms with Crippen LogP contribution >= 0.6 is 27.5 Å². The SMILES string of the molecule is O=S1(=O)CC(C(CBr)c2ccc(Cl)cc2)c2ccccc21. The Morgan fingerprint density at radius 2 is 1.81 bits per heavy atom. The Bertz CT molecular complexity index is 756. The average Bonchev–Trinajstić information content (AvgIpc) is 2.74. The van der Waals surface area contributed by atoms with Gasteiger partial charge in [-0.2, -0.15) is 0 Å². The largest absolute Gasteiger partial charge is 0.224 e. The van der Waals surface area contributed by atoms with E-state index in [4.69, 9.17) is 11.6 Å². The van der Waals surface area contributed by atoms with Gasteiger partial charge in [0.05, 0.1) is 10.6 Å². The summed E-state index contributed by atoms with van der Waals surface area (Å²) in [5, 5.41) is 1.40. The van der Waals surface area contributed by atoms with Gasteiger partial charge in [-0.3, -0.25) is 0 Å². The molecule has 0 amide bonds. The highest BCUT2D eigenvalue weighted by Crippen LogP contribution is 2.44. The summed E-state index contributed by atoms with van der Waals surface area (Å²) in [7, 11) is -3.17. The van der Waals surface area contributed by atoms with E-state index >= 15 is 0 Å². The van der Waals surface area contributed by atoms with E-state index in [1.54, 1.807) is 12.1 Å². The van der Waals surface area contributed by atoms with Crippen LogP contribution in [0.1, 0.15) is 23.0 Å². The summed E-state index contributed by atoms with van der Waals surface area (Å²) in [5.74, 6) is 0.262. The zero-order valence-corrected chi connectivity index (χ0v) is 14.3. The van der Waals surface area contributed by atoms with E-state index in [9.17, 15) is 8.42 Å². The van der Waals surface area contributed by atoms with Crippen molar-refractivity contribution in [3.63, 3.8) is 0 Å². The maximum atomic E-state index is 12.3. The van der Waals surface area contributed by atoms with Crippen LogP contribution in [0.5, 0.6) is 0 Å². The third kappa shape index (κ3) is 2.77. The van der Waals surface area contributed by atoms with Gasteiger partial charge in [0.15, 0.2) is 9.84 Å². The molecule has 110 valence electrons. The van der Waals surface area contributed by atoms with Gasteiger partial charge in [-0.05, 0) is 29.3 Å². The van der Waals surface area contributed by atoms with Gasteiger partial charge in [-0.25, -0.2) is 8.42 Å². The fraction of sp³-hybridized carbons (Fsp3) is 0.250. The molecule has 2 unspecified atom stereocenters. The van der Waals surface area contributed by atoms with Crippen LogP contribution in [0.25, 0.3) is 0 Å². The van der Waals surface area contributed by atoms with Crippen molar-refractivity contribution in [1.29, 1.82) is 0 Å². The maximum absolute atomic E-state index is 12.3. The van der Waals surface area contributed by atoms with Gasteiger partial charge in [-0.15, -0.1) is 0 Å². The molecule has 0 radical (unpaired) electrons. The summed E-state index contributed by atoms with van der Waals surface area (Å²) in [6.07, 6.45) is 0. The number of fused-ring (bicyclic) bond motifs is 1. The minimum Gasteiger partial charge on any atom is -0.224 e. The lowest BCUT2D eigenvalue weighted by molar-refractivity contribution is 0.589. The number of rotatable bonds is 3. The maximum Gasteiger partial charge on any atom is 0.179 e. The lowest BCUT2D eigenvalue weighted by Crippen LogP contribution is -2.15. The highest BCUT2D eigenvalue weighted by Gasteiger charge is 2.38. The van der Waals surface area contributed by atoms with Gasteiger partial charge in [0.2, 0.25) is 0 Å². The van der Waals surface area contributed by atoms with Gasteiger partial charge >= 0.3 is 0 Å². The highest BCUT2D eigenvalue weighted by molar-refractivity contribution is 9.09. The van der Waals surface area contributed by atoms with Crippen LogP contribution in [0.2, 0.25) is 5.02 Å². The second-order valence-corrected chi connectivity index (χ2v) is 8.32. The van der Waals surface area contributed by atoms with E-state index < -0.39 is 9.84 Å². The molecule has 2 atom stereocenters. The van der Waals surface area contributed by atoms with Gasteiger partial charge < -0.3 is 0 Å². The second kappa shape index (κ2) is 5.75. The molecule has 1 heterocycles. The molecule has 2 aromatic rings. The number of alkyl halides is 1. The molecule has 0 N–H and O–H groups in total. The Morgan fingerprint density at radius 1 is 1.14 bits per heavy atom. The first-order chi connectivity index (χ1) is 10.0. The molecule has 2 nitrogen and oxygen atoms in total. The number of halogens is 2.